The molecule has 6 heteroatoms. The van der Waals surface area contributed by atoms with Crippen molar-refractivity contribution in [2.75, 3.05) is 5.32 Å². The lowest BCUT2D eigenvalue weighted by Gasteiger charge is -2.28. The summed E-state index contributed by atoms with van der Waals surface area (Å²) < 4.78 is 26.5. The second-order valence-corrected chi connectivity index (χ2v) is 7.25. The first-order valence-electron chi connectivity index (χ1n) is 9.34. The van der Waals surface area contributed by atoms with Crippen LogP contribution in [0.15, 0.2) is 48.5 Å². The lowest BCUT2D eigenvalue weighted by atomic mass is 9.87. The molecule has 0 aromatic heterocycles. The Balaban J connectivity index is 1.44. The molecule has 2 aromatic rings. The molecular formula is C22H20F2N2O2. The van der Waals surface area contributed by atoms with Gasteiger partial charge in [0.05, 0.1) is 5.92 Å². The largest absolute Gasteiger partial charge is 0.353 e. The zero-order chi connectivity index (χ0) is 19.7. The maximum Gasteiger partial charge on any atom is 0.228 e. The van der Waals surface area contributed by atoms with Crippen molar-refractivity contribution in [1.29, 1.82) is 0 Å². The van der Waals surface area contributed by atoms with Gasteiger partial charge in [-0.3, -0.25) is 9.59 Å². The van der Waals surface area contributed by atoms with E-state index in [4.69, 9.17) is 0 Å². The van der Waals surface area contributed by atoms with Gasteiger partial charge in [-0.1, -0.05) is 24.3 Å². The molecule has 0 fully saturated rings. The number of nitrogens with one attached hydrogen (secondary N) is 2. The minimum absolute atomic E-state index is 0.0226. The molecule has 2 aliphatic rings. The van der Waals surface area contributed by atoms with E-state index in [-0.39, 0.29) is 30.1 Å². The van der Waals surface area contributed by atoms with Gasteiger partial charge in [0.25, 0.3) is 0 Å². The maximum atomic E-state index is 13.4. The van der Waals surface area contributed by atoms with E-state index in [9.17, 15) is 18.4 Å². The Kier molecular flexibility index (Phi) is 4.94. The number of carbonyl (C=O) groups excluding carboxylic acids is 2. The van der Waals surface area contributed by atoms with Crippen LogP contribution < -0.4 is 10.6 Å². The second-order valence-electron chi connectivity index (χ2n) is 7.25. The van der Waals surface area contributed by atoms with E-state index in [1.807, 2.05) is 0 Å². The van der Waals surface area contributed by atoms with Crippen LogP contribution >= 0.6 is 0 Å². The first kappa shape index (κ1) is 18.3. The monoisotopic (exact) mass is 382 g/mol. The van der Waals surface area contributed by atoms with E-state index >= 15 is 0 Å². The summed E-state index contributed by atoms with van der Waals surface area (Å²) in [4.78, 5) is 24.7. The Bertz CT molecular complexity index is 954. The van der Waals surface area contributed by atoms with Crippen LogP contribution in [-0.4, -0.2) is 17.9 Å². The number of benzene rings is 2. The van der Waals surface area contributed by atoms with E-state index < -0.39 is 11.7 Å². The number of halogens is 2. The van der Waals surface area contributed by atoms with Crippen LogP contribution in [-0.2, 0) is 9.59 Å². The highest BCUT2D eigenvalue weighted by molar-refractivity contribution is 6.01. The van der Waals surface area contributed by atoms with Crippen molar-refractivity contribution in [3.8, 4) is 0 Å². The minimum atomic E-state index is -0.619. The highest BCUT2D eigenvalue weighted by atomic mass is 19.1. The van der Waals surface area contributed by atoms with E-state index in [0.717, 1.165) is 24.0 Å². The summed E-state index contributed by atoms with van der Waals surface area (Å²) in [5, 5.41) is 5.65. The summed E-state index contributed by atoms with van der Waals surface area (Å²) in [6.07, 6.45) is 4.34. The topological polar surface area (TPSA) is 58.2 Å². The van der Waals surface area contributed by atoms with Crippen molar-refractivity contribution < 1.29 is 18.4 Å². The van der Waals surface area contributed by atoms with Crippen molar-refractivity contribution >= 4 is 23.1 Å². The highest BCUT2D eigenvalue weighted by Gasteiger charge is 2.32. The lowest BCUT2D eigenvalue weighted by Crippen LogP contribution is -2.41. The number of fused-ring (bicyclic) bond motifs is 1. The number of carbonyl (C=O) groups is 2. The van der Waals surface area contributed by atoms with E-state index in [0.29, 0.717) is 17.7 Å². The third kappa shape index (κ3) is 3.81. The summed E-state index contributed by atoms with van der Waals surface area (Å²) in [7, 11) is 0. The smallest absolute Gasteiger partial charge is 0.228 e. The highest BCUT2D eigenvalue weighted by Crippen LogP contribution is 2.34. The minimum Gasteiger partial charge on any atom is -0.353 e. The van der Waals surface area contributed by atoms with Gasteiger partial charge in [-0.05, 0) is 60.2 Å². The van der Waals surface area contributed by atoms with Crippen LogP contribution in [0.4, 0.5) is 14.5 Å². The van der Waals surface area contributed by atoms with Crippen molar-refractivity contribution in [2.24, 2.45) is 0 Å². The number of hydrogen-bond donors (Lipinski definition) is 2. The van der Waals surface area contributed by atoms with Crippen LogP contribution in [0.3, 0.4) is 0 Å². The molecule has 4 rings (SSSR count). The van der Waals surface area contributed by atoms with Crippen molar-refractivity contribution in [2.45, 2.75) is 37.6 Å². The third-order valence-corrected chi connectivity index (χ3v) is 5.34. The van der Waals surface area contributed by atoms with Gasteiger partial charge in [0.15, 0.2) is 0 Å². The standard InChI is InChI=1S/C22H20F2N2O2/c23-15-5-1-13(2-6-15)14-3-8-17(9-4-14)25-22(28)19-12-21(27)26-20-11-16(24)7-10-18(19)20/h1-3,5-7,10-11,17,19H,4,8-9,12H2,(H,25,28)(H,26,27). The number of rotatable bonds is 3. The fourth-order valence-corrected chi connectivity index (χ4v) is 3.86. The predicted octanol–water partition coefficient (Wildman–Crippen LogP) is 4.14. The molecule has 2 aromatic carbocycles. The van der Waals surface area contributed by atoms with E-state index in [1.54, 1.807) is 18.2 Å². The molecule has 2 atom stereocenters. The van der Waals surface area contributed by atoms with E-state index in [1.165, 1.54) is 24.3 Å². The molecule has 0 spiro atoms. The Morgan fingerprint density at radius 3 is 2.54 bits per heavy atom. The number of allylic oxidation sites excluding steroid dienone is 1. The molecule has 2 amide bonds. The molecular weight excluding hydrogens is 362 g/mol. The SMILES string of the molecule is O=C1CC(C(=O)NC2CC=C(c3ccc(F)cc3)CC2)c2ccc(F)cc2N1. The zero-order valence-electron chi connectivity index (χ0n) is 15.2. The zero-order valence-corrected chi connectivity index (χ0v) is 15.2. The summed E-state index contributed by atoms with van der Waals surface area (Å²) in [6.45, 7) is 0. The molecule has 1 heterocycles. The molecule has 28 heavy (non-hydrogen) atoms. The third-order valence-electron chi connectivity index (χ3n) is 5.34. The van der Waals surface area contributed by atoms with Crippen LogP contribution in [0.25, 0.3) is 5.57 Å². The first-order valence-corrected chi connectivity index (χ1v) is 9.34. The van der Waals surface area contributed by atoms with Crippen LogP contribution in [0.5, 0.6) is 0 Å². The van der Waals surface area contributed by atoms with Gasteiger partial charge in [0.1, 0.15) is 11.6 Å². The van der Waals surface area contributed by atoms with Gasteiger partial charge >= 0.3 is 0 Å². The van der Waals surface area contributed by atoms with E-state index in [2.05, 4.69) is 16.7 Å². The summed E-state index contributed by atoms with van der Waals surface area (Å²) >= 11 is 0. The average Bonchev–Trinajstić information content (AvgIpc) is 2.68. The average molecular weight is 382 g/mol. The maximum absolute atomic E-state index is 13.4. The van der Waals surface area contributed by atoms with Gasteiger partial charge in [0.2, 0.25) is 11.8 Å². The number of anilines is 1. The van der Waals surface area contributed by atoms with Crippen molar-refractivity contribution in [3.63, 3.8) is 0 Å². The van der Waals surface area contributed by atoms with Gasteiger partial charge in [-0.2, -0.15) is 0 Å². The van der Waals surface area contributed by atoms with Crippen LogP contribution in [0, 0.1) is 11.6 Å². The molecule has 4 nitrogen and oxygen atoms in total. The van der Waals surface area contributed by atoms with Crippen molar-refractivity contribution in [1.82, 2.24) is 5.32 Å². The first-order chi connectivity index (χ1) is 13.5. The van der Waals surface area contributed by atoms with Crippen LogP contribution in [0.1, 0.15) is 42.7 Å². The van der Waals surface area contributed by atoms with Gasteiger partial charge in [0, 0.05) is 18.2 Å². The second kappa shape index (κ2) is 7.54. The summed E-state index contributed by atoms with van der Waals surface area (Å²) in [5.74, 6) is -1.84. The molecule has 2 unspecified atom stereocenters. The Hall–Kier alpha value is -3.02. The number of amides is 2. The normalized spacial score (nSPS) is 21.4. The molecule has 0 radical (unpaired) electrons. The number of hydrogen-bond acceptors (Lipinski definition) is 2. The molecule has 144 valence electrons. The fraction of sp³-hybridized carbons (Fsp3) is 0.273. The van der Waals surface area contributed by atoms with Gasteiger partial charge < -0.3 is 10.6 Å². The Morgan fingerprint density at radius 1 is 1.07 bits per heavy atom. The molecule has 0 saturated carbocycles. The molecule has 0 saturated heterocycles. The summed E-state index contributed by atoms with van der Waals surface area (Å²) in [5.41, 5.74) is 3.13. The quantitative estimate of drug-likeness (QED) is 0.838. The molecule has 0 bridgehead atoms. The van der Waals surface area contributed by atoms with Crippen LogP contribution in [0.2, 0.25) is 0 Å². The molecule has 1 aliphatic heterocycles. The molecule has 1 aliphatic carbocycles. The Morgan fingerprint density at radius 2 is 1.82 bits per heavy atom. The van der Waals surface area contributed by atoms with Crippen molar-refractivity contribution in [3.05, 3.63) is 71.3 Å². The van der Waals surface area contributed by atoms with Gasteiger partial charge in [-0.25, -0.2) is 8.78 Å². The Labute approximate surface area is 161 Å². The lowest BCUT2D eigenvalue weighted by molar-refractivity contribution is -0.126. The fourth-order valence-electron chi connectivity index (χ4n) is 3.86. The summed E-state index contributed by atoms with van der Waals surface area (Å²) in [6, 6.07) is 10.5. The predicted molar refractivity (Wildman–Crippen MR) is 103 cm³/mol. The van der Waals surface area contributed by atoms with Gasteiger partial charge in [-0.15, -0.1) is 0 Å². The molecule has 2 N–H and O–H groups in total.